The number of hydrogen-bond acceptors (Lipinski definition) is 4. The number of benzene rings is 2. The molecule has 3 aromatic rings. The monoisotopic (exact) mass is 433 g/mol. The third kappa shape index (κ3) is 6.06. The number of carbonyl (C=O) groups excluding carboxylic acids is 1. The van der Waals surface area contributed by atoms with Crippen molar-refractivity contribution in [1.29, 1.82) is 0 Å². The van der Waals surface area contributed by atoms with Gasteiger partial charge in [0.1, 0.15) is 18.1 Å². The summed E-state index contributed by atoms with van der Waals surface area (Å²) in [6.07, 6.45) is 0. The maximum atomic E-state index is 12.9. The Kier molecular flexibility index (Phi) is 7.82. The van der Waals surface area contributed by atoms with Crippen LogP contribution in [0.4, 0.5) is 0 Å². The predicted molar refractivity (Wildman–Crippen MR) is 126 cm³/mol. The standard InChI is InChI=1S/C26H31N3O3/c1-18(2)20-10-12-21(13-11-20)25(19(3)4)27-26(31)23-14-15-24(30)29(28-23)16-17-32-22-8-6-5-7-9-22/h5-15,18-19,25H,16-17H2,1-4H3,(H,27,31). The van der Waals surface area contributed by atoms with Gasteiger partial charge in [-0.15, -0.1) is 0 Å². The topological polar surface area (TPSA) is 73.2 Å². The van der Waals surface area contributed by atoms with Crippen LogP contribution >= 0.6 is 0 Å². The molecule has 6 nitrogen and oxygen atoms in total. The van der Waals surface area contributed by atoms with Crippen molar-refractivity contribution in [3.63, 3.8) is 0 Å². The lowest BCUT2D eigenvalue weighted by Gasteiger charge is -2.23. The van der Waals surface area contributed by atoms with Crippen LogP contribution < -0.4 is 15.6 Å². The van der Waals surface area contributed by atoms with E-state index in [2.05, 4.69) is 62.4 Å². The summed E-state index contributed by atoms with van der Waals surface area (Å²) in [4.78, 5) is 25.1. The number of aromatic nitrogens is 2. The largest absolute Gasteiger partial charge is 0.492 e. The van der Waals surface area contributed by atoms with E-state index in [4.69, 9.17) is 4.74 Å². The Morgan fingerprint density at radius 3 is 2.22 bits per heavy atom. The molecule has 3 rings (SSSR count). The molecule has 1 unspecified atom stereocenters. The highest BCUT2D eigenvalue weighted by Crippen LogP contribution is 2.24. The molecule has 1 N–H and O–H groups in total. The maximum absolute atomic E-state index is 12.9. The molecule has 1 atom stereocenters. The third-order valence-electron chi connectivity index (χ3n) is 5.33. The van der Waals surface area contributed by atoms with Crippen LogP contribution in [0, 0.1) is 5.92 Å². The summed E-state index contributed by atoms with van der Waals surface area (Å²) in [6.45, 7) is 8.97. The zero-order valence-corrected chi connectivity index (χ0v) is 19.1. The van der Waals surface area contributed by atoms with E-state index in [1.54, 1.807) is 0 Å². The molecule has 2 aromatic carbocycles. The second-order valence-corrected chi connectivity index (χ2v) is 8.46. The summed E-state index contributed by atoms with van der Waals surface area (Å²) in [5.41, 5.74) is 2.23. The molecule has 1 amide bonds. The number of hydrogen-bond donors (Lipinski definition) is 1. The van der Waals surface area contributed by atoms with Crippen LogP contribution in [0.25, 0.3) is 0 Å². The molecule has 0 spiro atoms. The average Bonchev–Trinajstić information content (AvgIpc) is 2.79. The first kappa shape index (κ1) is 23.3. The van der Waals surface area contributed by atoms with Gasteiger partial charge in [0.05, 0.1) is 12.6 Å². The first-order chi connectivity index (χ1) is 15.3. The van der Waals surface area contributed by atoms with Gasteiger partial charge in [-0.1, -0.05) is 70.2 Å². The molecule has 6 heteroatoms. The third-order valence-corrected chi connectivity index (χ3v) is 5.33. The van der Waals surface area contributed by atoms with E-state index in [9.17, 15) is 9.59 Å². The fraction of sp³-hybridized carbons (Fsp3) is 0.346. The van der Waals surface area contributed by atoms with Crippen molar-refractivity contribution in [2.24, 2.45) is 5.92 Å². The van der Waals surface area contributed by atoms with Gasteiger partial charge in [0.2, 0.25) is 0 Å². The zero-order chi connectivity index (χ0) is 23.1. The molecule has 0 aliphatic rings. The van der Waals surface area contributed by atoms with E-state index in [0.717, 1.165) is 11.3 Å². The molecular formula is C26H31N3O3. The van der Waals surface area contributed by atoms with Crippen LogP contribution in [0.2, 0.25) is 0 Å². The highest BCUT2D eigenvalue weighted by Gasteiger charge is 2.20. The number of nitrogens with zero attached hydrogens (tertiary/aromatic N) is 2. The first-order valence-electron chi connectivity index (χ1n) is 11.0. The molecule has 0 aliphatic heterocycles. The minimum absolute atomic E-state index is 0.160. The Bertz CT molecular complexity index is 1070. The highest BCUT2D eigenvalue weighted by molar-refractivity contribution is 5.92. The van der Waals surface area contributed by atoms with Crippen molar-refractivity contribution in [3.05, 3.63) is 93.9 Å². The minimum atomic E-state index is -0.311. The van der Waals surface area contributed by atoms with E-state index < -0.39 is 0 Å². The highest BCUT2D eigenvalue weighted by atomic mass is 16.5. The molecule has 0 saturated heterocycles. The Labute approximate surface area is 189 Å². The summed E-state index contributed by atoms with van der Waals surface area (Å²) in [6, 6.07) is 20.4. The van der Waals surface area contributed by atoms with Gasteiger partial charge < -0.3 is 10.1 Å². The molecule has 0 bridgehead atoms. The van der Waals surface area contributed by atoms with Gasteiger partial charge in [-0.25, -0.2) is 4.68 Å². The fourth-order valence-corrected chi connectivity index (χ4v) is 3.44. The predicted octanol–water partition coefficient (Wildman–Crippen LogP) is 4.57. The Morgan fingerprint density at radius 2 is 1.59 bits per heavy atom. The Morgan fingerprint density at radius 1 is 0.938 bits per heavy atom. The molecule has 1 heterocycles. The van der Waals surface area contributed by atoms with Crippen molar-refractivity contribution < 1.29 is 9.53 Å². The summed E-state index contributed by atoms with van der Waals surface area (Å²) in [5.74, 6) is 1.05. The fourth-order valence-electron chi connectivity index (χ4n) is 3.44. The van der Waals surface area contributed by atoms with E-state index in [1.165, 1.54) is 22.4 Å². The number of para-hydroxylation sites is 1. The van der Waals surface area contributed by atoms with Gasteiger partial charge in [-0.2, -0.15) is 5.10 Å². The molecule has 1 aromatic heterocycles. The Balaban J connectivity index is 1.70. The van der Waals surface area contributed by atoms with Gasteiger partial charge in [0, 0.05) is 6.07 Å². The van der Waals surface area contributed by atoms with Crippen LogP contribution in [0.1, 0.15) is 61.3 Å². The molecule has 0 fully saturated rings. The van der Waals surface area contributed by atoms with Gasteiger partial charge in [0.15, 0.2) is 0 Å². The second kappa shape index (κ2) is 10.8. The summed E-state index contributed by atoms with van der Waals surface area (Å²) in [5, 5.41) is 7.34. The van der Waals surface area contributed by atoms with E-state index in [0.29, 0.717) is 5.92 Å². The average molecular weight is 434 g/mol. The van der Waals surface area contributed by atoms with Crippen molar-refractivity contribution >= 4 is 5.91 Å². The van der Waals surface area contributed by atoms with Crippen LogP contribution in [-0.4, -0.2) is 22.3 Å². The van der Waals surface area contributed by atoms with Crippen molar-refractivity contribution in [2.75, 3.05) is 6.61 Å². The van der Waals surface area contributed by atoms with Crippen molar-refractivity contribution in [3.8, 4) is 5.75 Å². The maximum Gasteiger partial charge on any atom is 0.272 e. The summed E-state index contributed by atoms with van der Waals surface area (Å²) < 4.78 is 6.91. The molecular weight excluding hydrogens is 402 g/mol. The summed E-state index contributed by atoms with van der Waals surface area (Å²) in [7, 11) is 0. The van der Waals surface area contributed by atoms with E-state index >= 15 is 0 Å². The second-order valence-electron chi connectivity index (χ2n) is 8.46. The molecule has 32 heavy (non-hydrogen) atoms. The van der Waals surface area contributed by atoms with Crippen LogP contribution in [0.3, 0.4) is 0 Å². The summed E-state index contributed by atoms with van der Waals surface area (Å²) >= 11 is 0. The minimum Gasteiger partial charge on any atom is -0.492 e. The van der Waals surface area contributed by atoms with Crippen LogP contribution in [0.5, 0.6) is 5.75 Å². The molecule has 0 aliphatic carbocycles. The van der Waals surface area contributed by atoms with Gasteiger partial charge in [0.25, 0.3) is 11.5 Å². The smallest absolute Gasteiger partial charge is 0.272 e. The van der Waals surface area contributed by atoms with Crippen molar-refractivity contribution in [1.82, 2.24) is 15.1 Å². The molecule has 0 saturated carbocycles. The number of rotatable bonds is 9. The lowest BCUT2D eigenvalue weighted by molar-refractivity contribution is 0.0917. The molecule has 168 valence electrons. The number of nitrogens with one attached hydrogen (secondary N) is 1. The molecule has 0 radical (unpaired) electrons. The lowest BCUT2D eigenvalue weighted by Crippen LogP contribution is -2.34. The normalized spacial score (nSPS) is 12.1. The number of ether oxygens (including phenoxy) is 1. The van der Waals surface area contributed by atoms with Crippen LogP contribution in [-0.2, 0) is 6.54 Å². The first-order valence-corrected chi connectivity index (χ1v) is 11.0. The number of carbonyl (C=O) groups is 1. The zero-order valence-electron chi connectivity index (χ0n) is 19.1. The lowest BCUT2D eigenvalue weighted by atomic mass is 9.93. The number of amides is 1. The Hall–Kier alpha value is -3.41. The van der Waals surface area contributed by atoms with Gasteiger partial charge in [-0.3, -0.25) is 9.59 Å². The van der Waals surface area contributed by atoms with E-state index in [-0.39, 0.29) is 42.3 Å². The van der Waals surface area contributed by atoms with E-state index in [1.807, 2.05) is 30.3 Å². The van der Waals surface area contributed by atoms with Gasteiger partial charge >= 0.3 is 0 Å². The van der Waals surface area contributed by atoms with Crippen LogP contribution in [0.15, 0.2) is 71.5 Å². The quantitative estimate of drug-likeness (QED) is 0.536. The van der Waals surface area contributed by atoms with Crippen molar-refractivity contribution in [2.45, 2.75) is 46.2 Å². The van der Waals surface area contributed by atoms with Gasteiger partial charge in [-0.05, 0) is 41.2 Å². The SMILES string of the molecule is CC(C)c1ccc(C(NC(=O)c2ccc(=O)n(CCOc3ccccc3)n2)C(C)C)cc1.